The molecule has 9 heteroatoms. The maximum absolute atomic E-state index is 13.1. The Balaban J connectivity index is 1.67. The molecular weight excluding hydrogens is 338 g/mol. The summed E-state index contributed by atoms with van der Waals surface area (Å²) in [6.45, 7) is 0. The van der Waals surface area contributed by atoms with E-state index in [4.69, 9.17) is 0 Å². The Kier molecular flexibility index (Phi) is 3.59. The molecule has 3 aromatic rings. The van der Waals surface area contributed by atoms with Crippen LogP contribution in [0.25, 0.3) is 5.65 Å². The van der Waals surface area contributed by atoms with Gasteiger partial charge < -0.3 is 5.32 Å². The molecule has 1 aliphatic rings. The minimum atomic E-state index is -4.64. The molecule has 1 aromatic carbocycles. The molecule has 25 heavy (non-hydrogen) atoms. The van der Waals surface area contributed by atoms with Crippen LogP contribution >= 0.6 is 0 Å². The molecule has 2 heterocycles. The maximum atomic E-state index is 13.1. The number of anilines is 1. The molecule has 0 aliphatic heterocycles. The second-order valence-corrected chi connectivity index (χ2v) is 6.02. The highest BCUT2D eigenvalue weighted by Crippen LogP contribution is 2.42. The quantitative estimate of drug-likeness (QED) is 0.726. The molecule has 0 amide bonds. The summed E-state index contributed by atoms with van der Waals surface area (Å²) in [4.78, 5) is 0. The average Bonchev–Trinajstić information content (AvgIpc) is 3.31. The number of halogens is 4. The van der Waals surface area contributed by atoms with Crippen molar-refractivity contribution < 1.29 is 17.6 Å². The fourth-order valence-electron chi connectivity index (χ4n) is 2.77. The summed E-state index contributed by atoms with van der Waals surface area (Å²) in [5.74, 6) is -0.891. The van der Waals surface area contributed by atoms with E-state index in [9.17, 15) is 17.6 Å². The van der Waals surface area contributed by atoms with Crippen molar-refractivity contribution in [3.05, 3.63) is 53.6 Å². The Hall–Kier alpha value is -2.71. The van der Waals surface area contributed by atoms with Crippen LogP contribution in [0.2, 0.25) is 0 Å². The zero-order valence-corrected chi connectivity index (χ0v) is 12.8. The number of aromatic nitrogens is 4. The van der Waals surface area contributed by atoms with Crippen molar-refractivity contribution in [1.29, 1.82) is 0 Å². The summed E-state index contributed by atoms with van der Waals surface area (Å²) in [6, 6.07) is 8.91. The van der Waals surface area contributed by atoms with Gasteiger partial charge in [0.1, 0.15) is 11.6 Å². The minimum Gasteiger partial charge on any atom is -0.362 e. The Morgan fingerprint density at radius 3 is 2.40 bits per heavy atom. The number of rotatable bonds is 4. The van der Waals surface area contributed by atoms with E-state index < -0.39 is 12.0 Å². The first-order valence-electron chi connectivity index (χ1n) is 7.73. The Bertz CT molecular complexity index is 899. The highest BCUT2D eigenvalue weighted by atomic mass is 19.4. The molecule has 1 aliphatic carbocycles. The zero-order chi connectivity index (χ0) is 17.6. The summed E-state index contributed by atoms with van der Waals surface area (Å²) >= 11 is 0. The van der Waals surface area contributed by atoms with Gasteiger partial charge in [0.2, 0.25) is 0 Å². The summed E-state index contributed by atoms with van der Waals surface area (Å²) < 4.78 is 52.7. The summed E-state index contributed by atoms with van der Waals surface area (Å²) in [5.41, 5.74) is 0.883. The van der Waals surface area contributed by atoms with Gasteiger partial charge in [-0.25, -0.2) is 4.39 Å². The van der Waals surface area contributed by atoms with Gasteiger partial charge >= 0.3 is 6.18 Å². The lowest BCUT2D eigenvalue weighted by Gasteiger charge is -2.19. The second kappa shape index (κ2) is 5.68. The number of hydrogen-bond donors (Lipinski definition) is 1. The molecule has 1 saturated carbocycles. The number of benzene rings is 1. The standard InChI is InChI=1S/C16H13F4N5/c17-11-5-3-10(4-6-11)14(9-1-2-9)21-12-7-8-13-22-23-15(16(18,19)20)25(13)24-12/h3-9,14H,1-2H2,(H,21,24)/t14-/m1/s1. The number of nitrogens with one attached hydrogen (secondary N) is 1. The SMILES string of the molecule is Fc1ccc([C@H](Nc2ccc3nnc(C(F)(F)F)n3n2)C2CC2)cc1. The number of hydrogen-bond acceptors (Lipinski definition) is 4. The third-order valence-electron chi connectivity index (χ3n) is 4.14. The van der Waals surface area contributed by atoms with Crippen LogP contribution in [0.5, 0.6) is 0 Å². The average molecular weight is 351 g/mol. The van der Waals surface area contributed by atoms with Crippen molar-refractivity contribution >= 4 is 11.5 Å². The lowest BCUT2D eigenvalue weighted by atomic mass is 10.0. The van der Waals surface area contributed by atoms with Gasteiger partial charge in [0.05, 0.1) is 6.04 Å². The van der Waals surface area contributed by atoms with Crippen LogP contribution in [-0.2, 0) is 6.18 Å². The van der Waals surface area contributed by atoms with Crippen LogP contribution in [0.4, 0.5) is 23.4 Å². The molecule has 0 unspecified atom stereocenters. The number of nitrogens with zero attached hydrogens (tertiary/aromatic N) is 4. The van der Waals surface area contributed by atoms with Gasteiger partial charge in [-0.15, -0.1) is 15.3 Å². The zero-order valence-electron chi connectivity index (χ0n) is 12.8. The summed E-state index contributed by atoms with van der Waals surface area (Å²) in [5, 5.41) is 13.8. The van der Waals surface area contributed by atoms with Gasteiger partial charge in [-0.1, -0.05) is 12.1 Å². The third kappa shape index (κ3) is 3.13. The Morgan fingerprint density at radius 1 is 1.04 bits per heavy atom. The molecule has 1 fully saturated rings. The predicted molar refractivity (Wildman–Crippen MR) is 81.3 cm³/mol. The molecule has 1 N–H and O–H groups in total. The Labute approximate surface area is 139 Å². The maximum Gasteiger partial charge on any atom is 0.453 e. The molecule has 0 bridgehead atoms. The van der Waals surface area contributed by atoms with Gasteiger partial charge in [-0.05, 0) is 48.6 Å². The van der Waals surface area contributed by atoms with Gasteiger partial charge in [0, 0.05) is 0 Å². The van der Waals surface area contributed by atoms with E-state index in [1.54, 1.807) is 18.2 Å². The first-order valence-corrected chi connectivity index (χ1v) is 7.73. The Morgan fingerprint density at radius 2 is 1.76 bits per heavy atom. The van der Waals surface area contributed by atoms with Crippen molar-refractivity contribution in [2.75, 3.05) is 5.32 Å². The third-order valence-corrected chi connectivity index (χ3v) is 4.14. The fraction of sp³-hybridized carbons (Fsp3) is 0.312. The van der Waals surface area contributed by atoms with Crippen LogP contribution in [-0.4, -0.2) is 19.8 Å². The molecule has 4 rings (SSSR count). The van der Waals surface area contributed by atoms with E-state index in [1.807, 2.05) is 0 Å². The van der Waals surface area contributed by atoms with Crippen molar-refractivity contribution in [3.63, 3.8) is 0 Å². The summed E-state index contributed by atoms with van der Waals surface area (Å²) in [6.07, 6.45) is -2.65. The van der Waals surface area contributed by atoms with Crippen molar-refractivity contribution in [1.82, 2.24) is 19.8 Å². The molecule has 5 nitrogen and oxygen atoms in total. The van der Waals surface area contributed by atoms with E-state index in [0.29, 0.717) is 10.4 Å². The van der Waals surface area contributed by atoms with E-state index in [0.717, 1.165) is 18.4 Å². The molecule has 0 radical (unpaired) electrons. The van der Waals surface area contributed by atoms with E-state index in [2.05, 4.69) is 20.6 Å². The van der Waals surface area contributed by atoms with Crippen molar-refractivity contribution in [2.45, 2.75) is 25.1 Å². The highest BCUT2D eigenvalue weighted by Gasteiger charge is 2.38. The molecule has 130 valence electrons. The van der Waals surface area contributed by atoms with Gasteiger partial charge in [-0.2, -0.15) is 17.7 Å². The highest BCUT2D eigenvalue weighted by molar-refractivity contribution is 5.46. The fourth-order valence-corrected chi connectivity index (χ4v) is 2.77. The van der Waals surface area contributed by atoms with E-state index >= 15 is 0 Å². The van der Waals surface area contributed by atoms with E-state index in [-0.39, 0.29) is 23.3 Å². The number of alkyl halides is 3. The molecule has 2 aromatic heterocycles. The van der Waals surface area contributed by atoms with Crippen LogP contribution in [0, 0.1) is 11.7 Å². The largest absolute Gasteiger partial charge is 0.453 e. The second-order valence-electron chi connectivity index (χ2n) is 6.02. The van der Waals surface area contributed by atoms with Crippen LogP contribution in [0.1, 0.15) is 30.3 Å². The number of fused-ring (bicyclic) bond motifs is 1. The van der Waals surface area contributed by atoms with Crippen LogP contribution in [0.3, 0.4) is 0 Å². The lowest BCUT2D eigenvalue weighted by Crippen LogP contribution is -2.17. The minimum absolute atomic E-state index is 0.0163. The van der Waals surface area contributed by atoms with Gasteiger partial charge in [-0.3, -0.25) is 0 Å². The molecule has 1 atom stereocenters. The molecular formula is C16H13F4N5. The van der Waals surface area contributed by atoms with Gasteiger partial charge in [0.15, 0.2) is 5.65 Å². The van der Waals surface area contributed by atoms with Crippen molar-refractivity contribution in [3.8, 4) is 0 Å². The first kappa shape index (κ1) is 15.8. The monoisotopic (exact) mass is 351 g/mol. The molecule has 0 spiro atoms. The van der Waals surface area contributed by atoms with Crippen LogP contribution < -0.4 is 5.32 Å². The van der Waals surface area contributed by atoms with Crippen molar-refractivity contribution in [2.24, 2.45) is 5.92 Å². The predicted octanol–water partition coefficient (Wildman–Crippen LogP) is 3.85. The van der Waals surface area contributed by atoms with Gasteiger partial charge in [0.25, 0.3) is 5.82 Å². The smallest absolute Gasteiger partial charge is 0.362 e. The lowest BCUT2D eigenvalue weighted by molar-refractivity contribution is -0.146. The molecule has 0 saturated heterocycles. The van der Waals surface area contributed by atoms with Crippen LogP contribution in [0.15, 0.2) is 36.4 Å². The summed E-state index contributed by atoms with van der Waals surface area (Å²) in [7, 11) is 0. The topological polar surface area (TPSA) is 55.1 Å². The first-order chi connectivity index (χ1) is 11.9. The normalized spacial score (nSPS) is 16.2. The van der Waals surface area contributed by atoms with E-state index in [1.165, 1.54) is 18.2 Å².